The van der Waals surface area contributed by atoms with Gasteiger partial charge in [0, 0.05) is 26.4 Å². The van der Waals surface area contributed by atoms with Gasteiger partial charge in [-0.3, -0.25) is 5.43 Å². The standard InChI is InChI=1S/C11H19N5O/c1-16(6-7-17-8-9-2-3-9)10-4-5-13-11(14-10)15-12/h4-5,9H,2-3,6-8,12H2,1H3,(H,13,14,15). The normalized spacial score (nSPS) is 14.7. The number of ether oxygens (including phenoxy) is 1. The Kier molecular flexibility index (Phi) is 4.11. The zero-order valence-electron chi connectivity index (χ0n) is 10.1. The molecule has 0 unspecified atom stereocenters. The molecule has 1 aliphatic rings. The second-order valence-electron chi connectivity index (χ2n) is 4.32. The molecule has 0 bridgehead atoms. The minimum atomic E-state index is 0.424. The number of nitrogen functional groups attached to an aromatic ring is 1. The lowest BCUT2D eigenvalue weighted by Crippen LogP contribution is -2.24. The van der Waals surface area contributed by atoms with Crippen molar-refractivity contribution in [3.05, 3.63) is 12.3 Å². The van der Waals surface area contributed by atoms with E-state index in [0.29, 0.717) is 5.95 Å². The summed E-state index contributed by atoms with van der Waals surface area (Å²) in [5, 5.41) is 0. The molecule has 0 aliphatic heterocycles. The number of nitrogens with one attached hydrogen (secondary N) is 1. The van der Waals surface area contributed by atoms with E-state index < -0.39 is 0 Å². The van der Waals surface area contributed by atoms with Gasteiger partial charge in [0.2, 0.25) is 5.95 Å². The van der Waals surface area contributed by atoms with Gasteiger partial charge >= 0.3 is 0 Å². The summed E-state index contributed by atoms with van der Waals surface area (Å²) in [6, 6.07) is 1.85. The van der Waals surface area contributed by atoms with Crippen LogP contribution in [-0.4, -0.2) is 36.8 Å². The van der Waals surface area contributed by atoms with Crippen LogP contribution >= 0.6 is 0 Å². The number of rotatable bonds is 7. The Morgan fingerprint density at radius 1 is 1.59 bits per heavy atom. The minimum Gasteiger partial charge on any atom is -0.379 e. The third kappa shape index (κ3) is 3.83. The summed E-state index contributed by atoms with van der Waals surface area (Å²) >= 11 is 0. The smallest absolute Gasteiger partial charge is 0.239 e. The molecule has 17 heavy (non-hydrogen) atoms. The molecule has 1 fully saturated rings. The summed E-state index contributed by atoms with van der Waals surface area (Å²) < 4.78 is 5.58. The van der Waals surface area contributed by atoms with Crippen molar-refractivity contribution in [2.45, 2.75) is 12.8 Å². The Bertz CT molecular complexity index is 355. The first-order valence-electron chi connectivity index (χ1n) is 5.88. The van der Waals surface area contributed by atoms with E-state index in [-0.39, 0.29) is 0 Å². The fraction of sp³-hybridized carbons (Fsp3) is 0.636. The second-order valence-corrected chi connectivity index (χ2v) is 4.32. The lowest BCUT2D eigenvalue weighted by Gasteiger charge is -2.18. The van der Waals surface area contributed by atoms with E-state index in [0.717, 1.165) is 31.5 Å². The third-order valence-corrected chi connectivity index (χ3v) is 2.78. The van der Waals surface area contributed by atoms with Crippen LogP contribution in [0, 0.1) is 5.92 Å². The molecule has 0 radical (unpaired) electrons. The van der Waals surface area contributed by atoms with Gasteiger partial charge < -0.3 is 9.64 Å². The number of hydrazine groups is 1. The zero-order chi connectivity index (χ0) is 12.1. The Labute approximate surface area is 101 Å². The lowest BCUT2D eigenvalue weighted by atomic mass is 10.4. The molecule has 1 saturated carbocycles. The number of hydrogen-bond acceptors (Lipinski definition) is 6. The summed E-state index contributed by atoms with van der Waals surface area (Å²) in [6.45, 7) is 2.43. The van der Waals surface area contributed by atoms with Crippen molar-refractivity contribution in [3.63, 3.8) is 0 Å². The highest BCUT2D eigenvalue weighted by Gasteiger charge is 2.20. The van der Waals surface area contributed by atoms with Crippen molar-refractivity contribution >= 4 is 11.8 Å². The molecule has 1 aliphatic carbocycles. The van der Waals surface area contributed by atoms with Crippen molar-refractivity contribution in [1.82, 2.24) is 9.97 Å². The number of aromatic nitrogens is 2. The van der Waals surface area contributed by atoms with E-state index in [1.165, 1.54) is 12.8 Å². The van der Waals surface area contributed by atoms with Gasteiger partial charge in [-0.15, -0.1) is 0 Å². The number of hydrogen-bond donors (Lipinski definition) is 2. The third-order valence-electron chi connectivity index (χ3n) is 2.78. The maximum Gasteiger partial charge on any atom is 0.239 e. The molecule has 0 amide bonds. The van der Waals surface area contributed by atoms with E-state index in [2.05, 4.69) is 15.4 Å². The van der Waals surface area contributed by atoms with Crippen molar-refractivity contribution in [2.75, 3.05) is 37.1 Å². The number of nitrogens with zero attached hydrogens (tertiary/aromatic N) is 3. The predicted molar refractivity (Wildman–Crippen MR) is 66.7 cm³/mol. The molecule has 1 heterocycles. The van der Waals surface area contributed by atoms with Crippen LogP contribution < -0.4 is 16.2 Å². The quantitative estimate of drug-likeness (QED) is 0.411. The summed E-state index contributed by atoms with van der Waals surface area (Å²) in [5.41, 5.74) is 2.43. The molecule has 0 saturated heterocycles. The van der Waals surface area contributed by atoms with Gasteiger partial charge in [-0.25, -0.2) is 10.8 Å². The van der Waals surface area contributed by atoms with Gasteiger partial charge in [0.15, 0.2) is 0 Å². The average molecular weight is 237 g/mol. The first kappa shape index (κ1) is 12.1. The molecule has 3 N–H and O–H groups in total. The highest BCUT2D eigenvalue weighted by atomic mass is 16.5. The first-order chi connectivity index (χ1) is 8.29. The molecular weight excluding hydrogens is 218 g/mol. The molecule has 6 heteroatoms. The van der Waals surface area contributed by atoms with Gasteiger partial charge in [-0.2, -0.15) is 4.98 Å². The maximum atomic E-state index is 5.58. The lowest BCUT2D eigenvalue weighted by molar-refractivity contribution is 0.131. The topological polar surface area (TPSA) is 76.3 Å². The van der Waals surface area contributed by atoms with Gasteiger partial charge in [0.05, 0.1) is 6.61 Å². The van der Waals surface area contributed by atoms with E-state index >= 15 is 0 Å². The van der Waals surface area contributed by atoms with Crippen molar-refractivity contribution in [1.29, 1.82) is 0 Å². The molecule has 1 aromatic heterocycles. The highest BCUT2D eigenvalue weighted by Crippen LogP contribution is 2.28. The summed E-state index contributed by atoms with van der Waals surface area (Å²) in [4.78, 5) is 10.2. The van der Waals surface area contributed by atoms with Crippen LogP contribution in [0.1, 0.15) is 12.8 Å². The Morgan fingerprint density at radius 2 is 2.41 bits per heavy atom. The summed E-state index contributed by atoms with van der Waals surface area (Å²) in [6.07, 6.45) is 4.33. The fourth-order valence-electron chi connectivity index (χ4n) is 1.48. The molecule has 0 atom stereocenters. The van der Waals surface area contributed by atoms with Crippen molar-refractivity contribution < 1.29 is 4.74 Å². The molecule has 1 aromatic rings. The van der Waals surface area contributed by atoms with Crippen LogP contribution in [0.3, 0.4) is 0 Å². The van der Waals surface area contributed by atoms with Crippen molar-refractivity contribution in [2.24, 2.45) is 11.8 Å². The Morgan fingerprint density at radius 3 is 3.12 bits per heavy atom. The van der Waals surface area contributed by atoms with E-state index in [4.69, 9.17) is 10.6 Å². The van der Waals surface area contributed by atoms with Gasteiger partial charge in [-0.05, 0) is 24.8 Å². The minimum absolute atomic E-state index is 0.424. The maximum absolute atomic E-state index is 5.58. The molecular formula is C11H19N5O. The zero-order valence-corrected chi connectivity index (χ0v) is 10.1. The average Bonchev–Trinajstić information content (AvgIpc) is 3.18. The monoisotopic (exact) mass is 237 g/mol. The van der Waals surface area contributed by atoms with Crippen LogP contribution in [0.2, 0.25) is 0 Å². The van der Waals surface area contributed by atoms with E-state index in [9.17, 15) is 0 Å². The molecule has 2 rings (SSSR count). The molecule has 0 aromatic carbocycles. The van der Waals surface area contributed by atoms with Gasteiger partial charge in [-0.1, -0.05) is 0 Å². The fourth-order valence-corrected chi connectivity index (χ4v) is 1.48. The largest absolute Gasteiger partial charge is 0.379 e. The Balaban J connectivity index is 1.74. The van der Waals surface area contributed by atoms with Crippen LogP contribution in [0.5, 0.6) is 0 Å². The predicted octanol–water partition coefficient (Wildman–Crippen LogP) is 0.625. The molecule has 94 valence electrons. The second kappa shape index (κ2) is 5.79. The molecule has 6 nitrogen and oxygen atoms in total. The van der Waals surface area contributed by atoms with Crippen LogP contribution in [0.15, 0.2) is 12.3 Å². The van der Waals surface area contributed by atoms with Gasteiger partial charge in [0.25, 0.3) is 0 Å². The summed E-state index contributed by atoms with van der Waals surface area (Å²) in [7, 11) is 1.98. The number of likely N-dealkylation sites (N-methyl/N-ethyl adjacent to an activating group) is 1. The number of nitrogens with two attached hydrogens (primary N) is 1. The van der Waals surface area contributed by atoms with Crippen molar-refractivity contribution in [3.8, 4) is 0 Å². The van der Waals surface area contributed by atoms with Gasteiger partial charge in [0.1, 0.15) is 5.82 Å². The Hall–Kier alpha value is -1.40. The first-order valence-corrected chi connectivity index (χ1v) is 5.88. The van der Waals surface area contributed by atoms with E-state index in [1.807, 2.05) is 18.0 Å². The highest BCUT2D eigenvalue weighted by molar-refractivity contribution is 5.40. The van der Waals surface area contributed by atoms with Crippen LogP contribution in [0.4, 0.5) is 11.8 Å². The number of anilines is 2. The summed E-state index contributed by atoms with van der Waals surface area (Å²) in [5.74, 6) is 7.34. The van der Waals surface area contributed by atoms with Crippen LogP contribution in [-0.2, 0) is 4.74 Å². The SMILES string of the molecule is CN(CCOCC1CC1)c1ccnc(NN)n1. The molecule has 0 spiro atoms. The van der Waals surface area contributed by atoms with E-state index in [1.54, 1.807) is 6.20 Å². The van der Waals surface area contributed by atoms with Crippen LogP contribution in [0.25, 0.3) is 0 Å².